The van der Waals surface area contributed by atoms with Gasteiger partial charge in [-0.15, -0.1) is 4.31 Å². The molecule has 1 unspecified atom stereocenters. The molecule has 1 fully saturated rings. The van der Waals surface area contributed by atoms with E-state index in [0.717, 1.165) is 0 Å². The van der Waals surface area contributed by atoms with Crippen molar-refractivity contribution in [2.45, 2.75) is 17.7 Å². The van der Waals surface area contributed by atoms with Crippen molar-refractivity contribution in [1.29, 1.82) is 0 Å². The first-order valence-electron chi connectivity index (χ1n) is 9.12. The van der Waals surface area contributed by atoms with Crippen molar-refractivity contribution in [2.75, 3.05) is 32.1 Å². The van der Waals surface area contributed by atoms with Gasteiger partial charge < -0.3 is 19.3 Å². The van der Waals surface area contributed by atoms with Crippen LogP contribution in [0.15, 0.2) is 53.4 Å². The Kier molecular flexibility index (Phi) is 4.86. The molecule has 1 atom stereocenters. The minimum atomic E-state index is -3.65. The molecule has 0 saturated carbocycles. The van der Waals surface area contributed by atoms with Crippen LogP contribution in [0.5, 0.6) is 11.5 Å². The molecule has 2 aromatic rings. The molecule has 2 aromatic carbocycles. The first kappa shape index (κ1) is 18.9. The van der Waals surface area contributed by atoms with Crippen LogP contribution in [0.4, 0.5) is 5.69 Å². The van der Waals surface area contributed by atoms with Gasteiger partial charge in [0.1, 0.15) is 18.1 Å². The summed E-state index contributed by atoms with van der Waals surface area (Å²) in [5, 5.41) is 2.93. The molecule has 0 aliphatic carbocycles. The third-order valence-electron chi connectivity index (χ3n) is 5.48. The molecule has 148 valence electrons. The smallest absolute Gasteiger partial charge is 0.234 e. The second kappa shape index (κ2) is 7.20. The van der Waals surface area contributed by atoms with Crippen LogP contribution in [0.25, 0.3) is 0 Å². The van der Waals surface area contributed by atoms with Crippen LogP contribution in [0, 0.1) is 5.41 Å². The molecule has 1 N–H and O–H groups in total. The molecule has 0 aromatic heterocycles. The summed E-state index contributed by atoms with van der Waals surface area (Å²) in [6.07, 6.45) is 0.798. The number of hydrogen-bond donors (Lipinski definition) is 1. The number of rotatable bonds is 3. The van der Waals surface area contributed by atoms with Crippen molar-refractivity contribution in [3.8, 4) is 11.5 Å². The lowest BCUT2D eigenvalue weighted by molar-refractivity contribution is -0.129. The maximum absolute atomic E-state index is 13.0. The zero-order chi connectivity index (χ0) is 19.8. The average Bonchev–Trinajstić information content (AvgIpc) is 2.85. The molecule has 2 heterocycles. The molecule has 28 heavy (non-hydrogen) atoms. The van der Waals surface area contributed by atoms with Crippen LogP contribution in [0.1, 0.15) is 12.8 Å². The van der Waals surface area contributed by atoms with Crippen LogP contribution in [0.2, 0.25) is 0 Å². The van der Waals surface area contributed by atoms with Crippen molar-refractivity contribution >= 4 is 22.0 Å². The van der Waals surface area contributed by atoms with Gasteiger partial charge in [-0.05, 0) is 37.1 Å². The zero-order valence-electron chi connectivity index (χ0n) is 15.6. The number of para-hydroxylation sites is 2. The highest BCUT2D eigenvalue weighted by atomic mass is 32.3. The van der Waals surface area contributed by atoms with Crippen LogP contribution in [-0.4, -0.2) is 41.6 Å². The highest BCUT2D eigenvalue weighted by Crippen LogP contribution is 2.40. The normalized spacial score (nSPS) is 21.0. The quantitative estimate of drug-likeness (QED) is 0.797. The summed E-state index contributed by atoms with van der Waals surface area (Å²) in [7, 11) is -2.15. The van der Waals surface area contributed by atoms with Gasteiger partial charge >= 0.3 is 0 Å². The minimum Gasteiger partial charge on any atom is -0.593 e. The third kappa shape index (κ3) is 3.28. The van der Waals surface area contributed by atoms with E-state index in [1.165, 1.54) is 17.5 Å². The van der Waals surface area contributed by atoms with Crippen LogP contribution in [-0.2, 0) is 19.4 Å². The van der Waals surface area contributed by atoms with Crippen molar-refractivity contribution in [3.63, 3.8) is 0 Å². The molecular formula is C20H22N2O5S. The fourth-order valence-corrected chi connectivity index (χ4v) is 5.15. The van der Waals surface area contributed by atoms with Gasteiger partial charge in [0.25, 0.3) is 0 Å². The molecule has 1 amide bonds. The summed E-state index contributed by atoms with van der Waals surface area (Å²) in [6, 6.07) is 13.7. The largest absolute Gasteiger partial charge is 0.593 e. The Labute approximate surface area is 165 Å². The van der Waals surface area contributed by atoms with Gasteiger partial charge in [-0.1, -0.05) is 22.4 Å². The molecule has 8 heteroatoms. The summed E-state index contributed by atoms with van der Waals surface area (Å²) in [6.45, 7) is 0.752. The minimum absolute atomic E-state index is 0.115. The van der Waals surface area contributed by atoms with Gasteiger partial charge in [0.05, 0.1) is 18.2 Å². The number of ether oxygens (including phenoxy) is 2. The number of nitrogens with one attached hydrogen (secondary N) is 1. The number of fused-ring (bicyclic) bond motifs is 1. The fourth-order valence-electron chi connectivity index (χ4n) is 3.67. The Hall–Kier alpha value is -2.42. The standard InChI is InChI=1S/C20H22N2O5S/c1-26-15-5-4-6-16(13-15)28(24,25)22-11-9-20(10-12-22)14-27-18-8-3-2-7-17(18)21-19(20)23/h2-8,13H,9-12,14H2,1H3,(H-,21,23,24,25). The molecule has 7 nitrogen and oxygen atoms in total. The predicted octanol–water partition coefficient (Wildman–Crippen LogP) is 2.71. The average molecular weight is 402 g/mol. The van der Waals surface area contributed by atoms with Crippen LogP contribution >= 0.6 is 0 Å². The lowest BCUT2D eigenvalue weighted by atomic mass is 9.79. The highest BCUT2D eigenvalue weighted by Gasteiger charge is 2.47. The monoisotopic (exact) mass is 402 g/mol. The zero-order valence-corrected chi connectivity index (χ0v) is 16.4. The molecule has 1 saturated heterocycles. The molecule has 1 spiro atoms. The SMILES string of the molecule is COc1cccc([S+](=O)([O-])N2CCC3(CC2)COc2ccccc2NC3=O)c1. The van der Waals surface area contributed by atoms with E-state index in [2.05, 4.69) is 5.32 Å². The van der Waals surface area contributed by atoms with E-state index in [4.69, 9.17) is 9.47 Å². The number of carbonyl (C=O) groups excluding carboxylic acids is 1. The van der Waals surface area contributed by atoms with Gasteiger partial charge in [0.2, 0.25) is 5.91 Å². The van der Waals surface area contributed by atoms with Crippen molar-refractivity contribution in [3.05, 3.63) is 48.5 Å². The van der Waals surface area contributed by atoms with Crippen LogP contribution in [0.3, 0.4) is 0 Å². The molecular weight excluding hydrogens is 380 g/mol. The number of benzene rings is 2. The Morgan fingerprint density at radius 1 is 1.18 bits per heavy atom. The van der Waals surface area contributed by atoms with Crippen LogP contribution < -0.4 is 14.8 Å². The lowest BCUT2D eigenvalue weighted by Crippen LogP contribution is -2.51. The second-order valence-corrected chi connectivity index (χ2v) is 9.04. The summed E-state index contributed by atoms with van der Waals surface area (Å²) in [4.78, 5) is 13.1. The summed E-state index contributed by atoms with van der Waals surface area (Å²) >= 11 is 0. The molecule has 0 bridgehead atoms. The van der Waals surface area contributed by atoms with Crippen molar-refractivity contribution in [1.82, 2.24) is 4.31 Å². The predicted molar refractivity (Wildman–Crippen MR) is 104 cm³/mol. The van der Waals surface area contributed by atoms with Gasteiger partial charge in [-0.3, -0.25) is 4.79 Å². The van der Waals surface area contributed by atoms with E-state index in [-0.39, 0.29) is 30.5 Å². The molecule has 2 aliphatic heterocycles. The van der Waals surface area contributed by atoms with Crippen molar-refractivity contribution in [2.24, 2.45) is 5.41 Å². The van der Waals surface area contributed by atoms with E-state index in [0.29, 0.717) is 30.0 Å². The first-order chi connectivity index (χ1) is 13.4. The summed E-state index contributed by atoms with van der Waals surface area (Å²) in [5.74, 6) is 1.01. The number of piperidine rings is 1. The van der Waals surface area contributed by atoms with Gasteiger partial charge in [-0.25, -0.2) is 0 Å². The van der Waals surface area contributed by atoms with E-state index in [1.54, 1.807) is 24.3 Å². The second-order valence-electron chi connectivity index (χ2n) is 7.10. The van der Waals surface area contributed by atoms with Gasteiger partial charge in [0.15, 0.2) is 15.3 Å². The Morgan fingerprint density at radius 3 is 2.68 bits per heavy atom. The van der Waals surface area contributed by atoms with E-state index in [9.17, 15) is 13.6 Å². The van der Waals surface area contributed by atoms with E-state index >= 15 is 0 Å². The molecule has 4 rings (SSSR count). The van der Waals surface area contributed by atoms with Gasteiger partial charge in [-0.2, -0.15) is 0 Å². The number of hydrogen-bond acceptors (Lipinski definition) is 5. The maximum Gasteiger partial charge on any atom is 0.234 e. The fraction of sp³-hybridized carbons (Fsp3) is 0.350. The molecule has 2 aliphatic rings. The van der Waals surface area contributed by atoms with Crippen molar-refractivity contribution < 1.29 is 23.0 Å². The van der Waals surface area contributed by atoms with E-state index < -0.39 is 15.8 Å². The number of anilines is 1. The maximum atomic E-state index is 13.0. The Morgan fingerprint density at radius 2 is 1.93 bits per heavy atom. The Bertz CT molecular complexity index is 940. The van der Waals surface area contributed by atoms with Gasteiger partial charge in [0, 0.05) is 19.2 Å². The number of sulfonamides is 1. The number of amides is 1. The number of methoxy groups -OCH3 is 1. The third-order valence-corrected chi connectivity index (χ3v) is 7.37. The number of carbonyl (C=O) groups is 1. The Balaban J connectivity index is 1.51. The first-order valence-corrected chi connectivity index (χ1v) is 10.6. The molecule has 0 radical (unpaired) electrons. The number of nitrogens with zero attached hydrogens (tertiary/aromatic N) is 1. The topological polar surface area (TPSA) is 90.9 Å². The lowest BCUT2D eigenvalue weighted by Gasteiger charge is -2.39. The summed E-state index contributed by atoms with van der Waals surface area (Å²) < 4.78 is 38.4. The highest BCUT2D eigenvalue weighted by molar-refractivity contribution is 7.95. The summed E-state index contributed by atoms with van der Waals surface area (Å²) in [5.41, 5.74) is -0.0878. The van der Waals surface area contributed by atoms with E-state index in [1.807, 2.05) is 18.2 Å².